The third-order valence-corrected chi connectivity index (χ3v) is 11.7. The lowest BCUT2D eigenvalue weighted by atomic mass is 10.0. The van der Waals surface area contributed by atoms with Gasteiger partial charge in [0.25, 0.3) is 0 Å². The van der Waals surface area contributed by atoms with Gasteiger partial charge in [0, 0.05) is 18.0 Å². The number of likely N-dealkylation sites (tertiary alicyclic amines) is 2. The Morgan fingerprint density at radius 2 is 1.18 bits per heavy atom. The zero-order valence-electron chi connectivity index (χ0n) is 32.0. The predicted molar refractivity (Wildman–Crippen MR) is 210 cm³/mol. The molecule has 4 amide bonds. The molecule has 5 heterocycles. The average molecular weight is 769 g/mol. The molecule has 15 heteroatoms. The molecule has 4 atom stereocenters. The zero-order valence-corrected chi connectivity index (χ0v) is 32.8. The summed E-state index contributed by atoms with van der Waals surface area (Å²) in [7, 11) is 2.58. The van der Waals surface area contributed by atoms with E-state index in [9.17, 15) is 19.2 Å². The van der Waals surface area contributed by atoms with Crippen molar-refractivity contribution in [2.45, 2.75) is 77.5 Å². The number of fused-ring (bicyclic) bond motifs is 2. The Balaban J connectivity index is 1.08. The van der Waals surface area contributed by atoms with E-state index in [2.05, 4.69) is 56.3 Å². The third-order valence-electron chi connectivity index (χ3n) is 10.7. The Morgan fingerprint density at radius 1 is 0.709 bits per heavy atom. The fourth-order valence-electron chi connectivity index (χ4n) is 7.73. The van der Waals surface area contributed by atoms with Crippen molar-refractivity contribution >= 4 is 57.4 Å². The lowest BCUT2D eigenvalue weighted by molar-refractivity contribution is -0.136. The molecule has 290 valence electrons. The molecule has 2 saturated heterocycles. The Hall–Kier alpha value is -5.44. The highest BCUT2D eigenvalue weighted by Crippen LogP contribution is 2.38. The number of H-pyrrole nitrogens is 2. The maximum Gasteiger partial charge on any atom is 0.407 e. The zero-order chi connectivity index (χ0) is 39.0. The van der Waals surface area contributed by atoms with Crippen LogP contribution in [0.15, 0.2) is 47.8 Å². The third kappa shape index (κ3) is 7.62. The molecule has 7 rings (SSSR count). The predicted octanol–water partition coefficient (Wildman–Crippen LogP) is 6.92. The number of carbonyl (C=O) groups excluding carboxylic acids is 4. The van der Waals surface area contributed by atoms with Gasteiger partial charge in [0.2, 0.25) is 11.8 Å². The van der Waals surface area contributed by atoms with Gasteiger partial charge in [-0.1, -0.05) is 39.8 Å². The number of carbonyl (C=O) groups is 4. The first-order chi connectivity index (χ1) is 26.4. The minimum Gasteiger partial charge on any atom is -0.453 e. The first-order valence-corrected chi connectivity index (χ1v) is 19.7. The maximum atomic E-state index is 13.6. The summed E-state index contributed by atoms with van der Waals surface area (Å²) in [5, 5.41) is 7.55. The van der Waals surface area contributed by atoms with Crippen LogP contribution in [-0.2, 0) is 19.1 Å². The van der Waals surface area contributed by atoms with Gasteiger partial charge in [0.1, 0.15) is 23.7 Å². The first kappa shape index (κ1) is 37.9. The van der Waals surface area contributed by atoms with Crippen molar-refractivity contribution in [2.24, 2.45) is 11.8 Å². The molecule has 55 heavy (non-hydrogen) atoms. The normalized spacial score (nSPS) is 18.3. The number of alkyl carbamates (subject to hydrolysis) is 2. The van der Waals surface area contributed by atoms with Crippen LogP contribution in [0.4, 0.5) is 9.59 Å². The van der Waals surface area contributed by atoms with Crippen LogP contribution in [0.2, 0.25) is 0 Å². The van der Waals surface area contributed by atoms with E-state index in [0.717, 1.165) is 81.0 Å². The number of nitrogens with one attached hydrogen (secondary N) is 4. The van der Waals surface area contributed by atoms with Crippen molar-refractivity contribution in [3.63, 3.8) is 0 Å². The summed E-state index contributed by atoms with van der Waals surface area (Å²) in [6.45, 7) is 8.80. The van der Waals surface area contributed by atoms with Gasteiger partial charge in [0.15, 0.2) is 0 Å². The van der Waals surface area contributed by atoms with E-state index in [4.69, 9.17) is 19.4 Å². The number of imidazole rings is 2. The molecule has 0 spiro atoms. The monoisotopic (exact) mass is 768 g/mol. The maximum absolute atomic E-state index is 13.6. The largest absolute Gasteiger partial charge is 0.453 e. The summed E-state index contributed by atoms with van der Waals surface area (Å²) < 4.78 is 9.54. The topological polar surface area (TPSA) is 175 Å². The van der Waals surface area contributed by atoms with E-state index >= 15 is 0 Å². The molecule has 0 aliphatic carbocycles. The van der Waals surface area contributed by atoms with Crippen LogP contribution < -0.4 is 10.6 Å². The molecule has 2 fully saturated rings. The first-order valence-electron chi connectivity index (χ1n) is 18.8. The lowest BCUT2D eigenvalue weighted by Crippen LogP contribution is -2.51. The molecule has 0 bridgehead atoms. The summed E-state index contributed by atoms with van der Waals surface area (Å²) >= 11 is 1.66. The summed E-state index contributed by atoms with van der Waals surface area (Å²) in [6, 6.07) is 12.7. The summed E-state index contributed by atoms with van der Waals surface area (Å²) in [6.07, 6.45) is 2.00. The molecular formula is C40H48N8O6S. The van der Waals surface area contributed by atoms with Gasteiger partial charge in [-0.25, -0.2) is 19.6 Å². The number of hydrogen-bond acceptors (Lipinski definition) is 9. The minimum atomic E-state index is -0.693. The number of aromatic amines is 2. The van der Waals surface area contributed by atoms with E-state index in [1.807, 2.05) is 49.6 Å². The van der Waals surface area contributed by atoms with Crippen molar-refractivity contribution in [1.29, 1.82) is 0 Å². The molecule has 2 aromatic carbocycles. The Bertz CT molecular complexity index is 2070. The molecule has 3 aromatic heterocycles. The molecule has 4 N–H and O–H groups in total. The van der Waals surface area contributed by atoms with Crippen molar-refractivity contribution in [1.82, 2.24) is 40.4 Å². The fourth-order valence-corrected chi connectivity index (χ4v) is 8.65. The van der Waals surface area contributed by atoms with Crippen LogP contribution >= 0.6 is 11.3 Å². The number of methoxy groups -OCH3 is 2. The van der Waals surface area contributed by atoms with Crippen molar-refractivity contribution in [3.05, 3.63) is 59.5 Å². The highest BCUT2D eigenvalue weighted by Gasteiger charge is 2.39. The van der Waals surface area contributed by atoms with E-state index < -0.39 is 24.3 Å². The average Bonchev–Trinajstić information content (AvgIpc) is 4.02. The number of hydrogen-bond donors (Lipinski definition) is 4. The minimum absolute atomic E-state index is 0.109. The van der Waals surface area contributed by atoms with Crippen LogP contribution in [0.3, 0.4) is 0 Å². The fraction of sp³-hybridized carbons (Fsp3) is 0.450. The quantitative estimate of drug-likeness (QED) is 0.118. The highest BCUT2D eigenvalue weighted by atomic mass is 32.1. The number of benzene rings is 2. The van der Waals surface area contributed by atoms with Gasteiger partial charge >= 0.3 is 12.2 Å². The van der Waals surface area contributed by atoms with Gasteiger partial charge in [-0.2, -0.15) is 0 Å². The number of rotatable bonds is 10. The number of ether oxygens (including phenoxy) is 2. The van der Waals surface area contributed by atoms with Crippen molar-refractivity contribution in [2.75, 3.05) is 27.3 Å². The van der Waals surface area contributed by atoms with Gasteiger partial charge in [-0.05, 0) is 89.9 Å². The molecule has 0 radical (unpaired) electrons. The van der Waals surface area contributed by atoms with E-state index in [0.29, 0.717) is 13.1 Å². The SMILES string of the molecule is COC(=O)N[C@H](C(=O)N1CCCC1c1nc2ccc(-c3csc(-c4ccc5nc([C@@H]6CCCN6C(=O)[C@@H](NC(=O)OC)C(C)C)[nH]c5c4)c3)cc2[nH]1)C(C)C. The Kier molecular flexibility index (Phi) is 10.8. The molecular weight excluding hydrogens is 721 g/mol. The number of aromatic nitrogens is 4. The summed E-state index contributed by atoms with van der Waals surface area (Å²) in [5.74, 6) is 0.977. The Labute approximate surface area is 323 Å². The van der Waals surface area contributed by atoms with Gasteiger partial charge in [0.05, 0.1) is 48.4 Å². The van der Waals surface area contributed by atoms with E-state index in [-0.39, 0.29) is 35.7 Å². The second-order valence-corrected chi connectivity index (χ2v) is 15.9. The van der Waals surface area contributed by atoms with Crippen molar-refractivity contribution < 1.29 is 28.7 Å². The molecule has 0 saturated carbocycles. The molecule has 2 aliphatic rings. The highest BCUT2D eigenvalue weighted by molar-refractivity contribution is 7.14. The van der Waals surface area contributed by atoms with Crippen LogP contribution in [0.5, 0.6) is 0 Å². The second-order valence-electron chi connectivity index (χ2n) is 15.0. The molecule has 1 unspecified atom stereocenters. The molecule has 14 nitrogen and oxygen atoms in total. The number of thiophene rings is 1. The van der Waals surface area contributed by atoms with Crippen molar-refractivity contribution in [3.8, 4) is 21.6 Å². The second kappa shape index (κ2) is 15.7. The standard InChI is InChI=1S/C40H48N8O6S/c1-21(2)33(45-39(51)53-5)37(49)47-15-7-9-30(47)35-41-26-13-11-23(17-28(26)43-35)25-19-32(55-20-25)24-12-14-27-29(18-24)44-36(42-27)31-10-8-16-48(31)38(50)34(22(3)4)46-40(52)54-6/h11-14,17-22,30-31,33-34H,7-10,15-16H2,1-6H3,(H,41,43)(H,42,44)(H,45,51)(H,46,52)/t30?,31-,33-,34-/m0/s1. The smallest absolute Gasteiger partial charge is 0.407 e. The Morgan fingerprint density at radius 3 is 1.65 bits per heavy atom. The van der Waals surface area contributed by atoms with Crippen LogP contribution in [0, 0.1) is 11.8 Å². The van der Waals surface area contributed by atoms with Gasteiger partial charge in [-0.3, -0.25) is 9.59 Å². The molecule has 5 aromatic rings. The van der Waals surface area contributed by atoms with Crippen LogP contribution in [0.25, 0.3) is 43.6 Å². The number of nitrogens with zero attached hydrogens (tertiary/aromatic N) is 4. The molecule has 2 aliphatic heterocycles. The lowest BCUT2D eigenvalue weighted by Gasteiger charge is -2.29. The van der Waals surface area contributed by atoms with E-state index in [1.165, 1.54) is 14.2 Å². The summed E-state index contributed by atoms with van der Waals surface area (Å²) in [4.78, 5) is 72.7. The van der Waals surface area contributed by atoms with Gasteiger partial charge < -0.3 is 39.9 Å². The summed E-state index contributed by atoms with van der Waals surface area (Å²) in [5.41, 5.74) is 6.60. The van der Waals surface area contributed by atoms with E-state index in [1.54, 1.807) is 11.3 Å². The van der Waals surface area contributed by atoms with Gasteiger partial charge in [-0.15, -0.1) is 11.3 Å². The van der Waals surface area contributed by atoms with Crippen LogP contribution in [-0.4, -0.2) is 93.1 Å². The number of amides is 4. The van der Waals surface area contributed by atoms with Crippen LogP contribution in [0.1, 0.15) is 77.1 Å².